The zero-order chi connectivity index (χ0) is 16.7. The Kier molecular flexibility index (Phi) is 3.75. The van der Waals surface area contributed by atoms with Crippen LogP contribution in [0, 0.1) is 13.8 Å². The predicted octanol–water partition coefficient (Wildman–Crippen LogP) is 5.88. The van der Waals surface area contributed by atoms with Crippen LogP contribution in [-0.2, 0) is 0 Å². The van der Waals surface area contributed by atoms with Gasteiger partial charge in [-0.1, -0.05) is 69.9 Å². The van der Waals surface area contributed by atoms with E-state index in [2.05, 4.69) is 83.8 Å². The lowest BCUT2D eigenvalue weighted by molar-refractivity contribution is 0.656. The van der Waals surface area contributed by atoms with Gasteiger partial charge in [0.25, 0.3) is 0 Å². The van der Waals surface area contributed by atoms with Crippen molar-refractivity contribution < 1.29 is 4.42 Å². The highest BCUT2D eigenvalue weighted by Crippen LogP contribution is 2.39. The Morgan fingerprint density at radius 2 is 1.29 bits per heavy atom. The molecule has 0 spiro atoms. The molecule has 1 atom stereocenters. The van der Waals surface area contributed by atoms with E-state index in [0.717, 1.165) is 11.1 Å². The number of furan rings is 1. The van der Waals surface area contributed by atoms with Crippen LogP contribution in [0.5, 0.6) is 0 Å². The highest BCUT2D eigenvalue weighted by molar-refractivity contribution is 7.27. The summed E-state index contributed by atoms with van der Waals surface area (Å²) in [5.74, 6) is 0. The van der Waals surface area contributed by atoms with Crippen molar-refractivity contribution in [2.45, 2.75) is 13.8 Å². The molecule has 0 aliphatic rings. The number of fused-ring (bicyclic) bond motifs is 1. The smallest absolute Gasteiger partial charge is 0.136 e. The zero-order valence-corrected chi connectivity index (χ0v) is 15.0. The molecule has 0 saturated heterocycles. The maximum Gasteiger partial charge on any atom is 0.136 e. The minimum atomic E-state index is 0.893. The summed E-state index contributed by atoms with van der Waals surface area (Å²) in [4.78, 5) is 0. The summed E-state index contributed by atoms with van der Waals surface area (Å²) in [6, 6.07) is 23.2. The highest BCUT2D eigenvalue weighted by Gasteiger charge is 2.19. The Hall–Kier alpha value is -2.37. The molecule has 2 heteroatoms. The molecule has 4 rings (SSSR count). The summed E-state index contributed by atoms with van der Waals surface area (Å²) in [6.45, 7) is 4.35. The average Bonchev–Trinajstić information content (AvgIpc) is 2.92. The molecule has 0 aliphatic heterocycles. The van der Waals surface area contributed by atoms with E-state index in [1.807, 2.05) is 6.07 Å². The fraction of sp³-hybridized carbons (Fsp3) is 0.0909. The van der Waals surface area contributed by atoms with Gasteiger partial charge in [0, 0.05) is 10.9 Å². The molecule has 0 bridgehead atoms. The Bertz CT molecular complexity index is 1010. The molecule has 1 heterocycles. The molecule has 0 saturated carbocycles. The van der Waals surface area contributed by atoms with Crippen molar-refractivity contribution in [1.29, 1.82) is 0 Å². The number of hydrogen-bond acceptors (Lipinski definition) is 1. The van der Waals surface area contributed by atoms with E-state index in [9.17, 15) is 0 Å². The van der Waals surface area contributed by atoms with Gasteiger partial charge in [0.2, 0.25) is 0 Å². The number of aryl methyl sites for hydroxylation is 2. The Labute approximate surface area is 144 Å². The summed E-state index contributed by atoms with van der Waals surface area (Å²) >= 11 is 0. The summed E-state index contributed by atoms with van der Waals surface area (Å²) in [6.07, 6.45) is 0. The second kappa shape index (κ2) is 5.92. The van der Waals surface area contributed by atoms with E-state index in [0.29, 0.717) is 0 Å². The molecule has 0 amide bonds. The third-order valence-electron chi connectivity index (χ3n) is 4.58. The van der Waals surface area contributed by atoms with E-state index in [4.69, 9.17) is 4.42 Å². The zero-order valence-electron chi connectivity index (χ0n) is 13.8. The lowest BCUT2D eigenvalue weighted by Crippen LogP contribution is -1.93. The van der Waals surface area contributed by atoms with Crippen LogP contribution in [-0.4, -0.2) is 0 Å². The van der Waals surface area contributed by atoms with Gasteiger partial charge in [0.05, 0.1) is 0 Å². The van der Waals surface area contributed by atoms with E-state index < -0.39 is 0 Å². The van der Waals surface area contributed by atoms with Crippen LogP contribution in [0.3, 0.4) is 0 Å². The molecule has 118 valence electrons. The second-order valence-corrected chi connectivity index (χ2v) is 6.66. The Morgan fingerprint density at radius 1 is 0.750 bits per heavy atom. The van der Waals surface area contributed by atoms with Crippen molar-refractivity contribution >= 4 is 25.7 Å². The van der Waals surface area contributed by atoms with Crippen LogP contribution in [0.15, 0.2) is 71.1 Å². The largest absolute Gasteiger partial charge is 0.456 e. The topological polar surface area (TPSA) is 13.1 Å². The molecule has 1 unspecified atom stereocenters. The van der Waals surface area contributed by atoms with E-state index in [-0.39, 0.29) is 0 Å². The average molecular weight is 330 g/mol. The Morgan fingerprint density at radius 3 is 1.88 bits per heavy atom. The lowest BCUT2D eigenvalue weighted by Gasteiger charge is -2.12. The van der Waals surface area contributed by atoms with Gasteiger partial charge >= 0.3 is 0 Å². The molecular weight excluding hydrogens is 311 g/mol. The first-order chi connectivity index (χ1) is 11.7. The second-order valence-electron chi connectivity index (χ2n) is 6.14. The molecular formula is C22H19OP. The fourth-order valence-corrected chi connectivity index (χ4v) is 4.01. The third-order valence-corrected chi connectivity index (χ3v) is 4.99. The highest BCUT2D eigenvalue weighted by atomic mass is 31.0. The molecule has 0 N–H and O–H groups in total. The number of rotatable bonds is 2. The van der Waals surface area contributed by atoms with Crippen LogP contribution in [0.2, 0.25) is 0 Å². The van der Waals surface area contributed by atoms with Crippen molar-refractivity contribution in [3.8, 4) is 22.3 Å². The molecule has 3 aromatic carbocycles. The molecule has 0 aliphatic carbocycles. The summed E-state index contributed by atoms with van der Waals surface area (Å²) < 4.78 is 6.07. The minimum Gasteiger partial charge on any atom is -0.456 e. The lowest BCUT2D eigenvalue weighted by atomic mass is 9.91. The van der Waals surface area contributed by atoms with Gasteiger partial charge in [0.15, 0.2) is 0 Å². The number of benzene rings is 3. The normalized spacial score (nSPS) is 11.1. The van der Waals surface area contributed by atoms with Crippen LogP contribution in [0.4, 0.5) is 0 Å². The summed E-state index contributed by atoms with van der Waals surface area (Å²) in [5, 5.41) is 1.20. The van der Waals surface area contributed by atoms with Gasteiger partial charge in [-0.2, -0.15) is 0 Å². The molecule has 4 aromatic rings. The van der Waals surface area contributed by atoms with E-state index >= 15 is 0 Å². The summed E-state index contributed by atoms with van der Waals surface area (Å²) in [5.41, 5.74) is 9.26. The monoisotopic (exact) mass is 330 g/mol. The van der Waals surface area contributed by atoms with Crippen LogP contribution in [0.25, 0.3) is 33.2 Å². The van der Waals surface area contributed by atoms with Crippen LogP contribution in [0.1, 0.15) is 11.1 Å². The van der Waals surface area contributed by atoms with E-state index in [1.54, 1.807) is 0 Å². The predicted molar refractivity (Wildman–Crippen MR) is 106 cm³/mol. The van der Waals surface area contributed by atoms with Crippen molar-refractivity contribution in [3.63, 3.8) is 0 Å². The first-order valence-electron chi connectivity index (χ1n) is 8.10. The van der Waals surface area contributed by atoms with Crippen molar-refractivity contribution in [3.05, 3.63) is 77.9 Å². The SMILES string of the molecule is Cc1cc2oc(P)c(-c3ccccc3)c2c(C)c1-c1ccccc1. The molecule has 1 nitrogen and oxygen atoms in total. The minimum absolute atomic E-state index is 0.893. The van der Waals surface area contributed by atoms with Gasteiger partial charge in [-0.25, -0.2) is 0 Å². The van der Waals surface area contributed by atoms with Crippen LogP contribution >= 0.6 is 9.24 Å². The van der Waals surface area contributed by atoms with Crippen LogP contribution < -0.4 is 5.50 Å². The van der Waals surface area contributed by atoms with Gasteiger partial charge < -0.3 is 4.42 Å². The quantitative estimate of drug-likeness (QED) is 0.418. The number of hydrogen-bond donors (Lipinski definition) is 0. The summed E-state index contributed by atoms with van der Waals surface area (Å²) in [7, 11) is 2.75. The van der Waals surface area contributed by atoms with Gasteiger partial charge in [-0.3, -0.25) is 0 Å². The Balaban J connectivity index is 2.08. The maximum absolute atomic E-state index is 6.07. The van der Waals surface area contributed by atoms with Gasteiger partial charge in [0.1, 0.15) is 11.1 Å². The van der Waals surface area contributed by atoms with E-state index in [1.165, 1.54) is 38.8 Å². The first-order valence-corrected chi connectivity index (χ1v) is 8.67. The standard InChI is InChI=1S/C22H19OP/c1-14-13-18-20(15(2)19(14)16-9-5-3-6-10-16)21(22(24)23-18)17-11-7-4-8-12-17/h3-13H,24H2,1-2H3. The third kappa shape index (κ3) is 2.37. The fourth-order valence-electron chi connectivity index (χ4n) is 3.57. The maximum atomic E-state index is 6.07. The van der Waals surface area contributed by atoms with Crippen molar-refractivity contribution in [1.82, 2.24) is 0 Å². The molecule has 24 heavy (non-hydrogen) atoms. The first kappa shape index (κ1) is 15.2. The van der Waals surface area contributed by atoms with Gasteiger partial charge in [-0.05, 0) is 47.7 Å². The van der Waals surface area contributed by atoms with Gasteiger partial charge in [-0.15, -0.1) is 0 Å². The molecule has 0 radical (unpaired) electrons. The van der Waals surface area contributed by atoms with Crippen molar-refractivity contribution in [2.24, 2.45) is 0 Å². The molecule has 1 aromatic heterocycles. The van der Waals surface area contributed by atoms with Crippen molar-refractivity contribution in [2.75, 3.05) is 0 Å². The molecule has 0 fully saturated rings.